The zero-order valence-electron chi connectivity index (χ0n) is 14.3. The fourth-order valence-corrected chi connectivity index (χ4v) is 4.62. The molecule has 2 atom stereocenters. The maximum Gasteiger partial charge on any atom is 0.0677 e. The summed E-state index contributed by atoms with van der Waals surface area (Å²) in [5.41, 5.74) is 0.977. The average Bonchev–Trinajstić information content (AvgIpc) is 2.54. The summed E-state index contributed by atoms with van der Waals surface area (Å²) in [7, 11) is 0. The molecule has 0 radical (unpaired) electrons. The summed E-state index contributed by atoms with van der Waals surface area (Å²) in [6.45, 7) is 4.83. The van der Waals surface area contributed by atoms with Crippen molar-refractivity contribution >= 4 is 0 Å². The van der Waals surface area contributed by atoms with E-state index in [2.05, 4.69) is 41.8 Å². The van der Waals surface area contributed by atoms with Gasteiger partial charge in [0, 0.05) is 18.6 Å². The SMILES string of the molecule is C=CCCCCC1(O)CC2CCCC(C1)N2Cc1ccccc1. The highest BCUT2D eigenvalue weighted by Crippen LogP contribution is 2.42. The Morgan fingerprint density at radius 3 is 2.48 bits per heavy atom. The smallest absolute Gasteiger partial charge is 0.0677 e. The predicted molar refractivity (Wildman–Crippen MR) is 96.3 cm³/mol. The van der Waals surface area contributed by atoms with E-state index in [-0.39, 0.29) is 0 Å². The van der Waals surface area contributed by atoms with Crippen molar-refractivity contribution in [3.8, 4) is 0 Å². The normalized spacial score (nSPS) is 31.0. The van der Waals surface area contributed by atoms with Gasteiger partial charge in [-0.05, 0) is 50.5 Å². The molecule has 1 N–H and O–H groups in total. The molecule has 2 nitrogen and oxygen atoms in total. The van der Waals surface area contributed by atoms with Crippen LogP contribution in [-0.4, -0.2) is 27.7 Å². The van der Waals surface area contributed by atoms with Crippen molar-refractivity contribution in [1.82, 2.24) is 4.90 Å². The van der Waals surface area contributed by atoms with E-state index in [0.717, 1.165) is 45.1 Å². The molecule has 2 unspecified atom stereocenters. The van der Waals surface area contributed by atoms with Crippen molar-refractivity contribution in [2.24, 2.45) is 0 Å². The van der Waals surface area contributed by atoms with Gasteiger partial charge in [0.25, 0.3) is 0 Å². The Morgan fingerprint density at radius 2 is 1.83 bits per heavy atom. The lowest BCUT2D eigenvalue weighted by molar-refractivity contribution is -0.0998. The van der Waals surface area contributed by atoms with Crippen LogP contribution in [0.15, 0.2) is 43.0 Å². The van der Waals surface area contributed by atoms with Crippen LogP contribution in [-0.2, 0) is 6.54 Å². The maximum absolute atomic E-state index is 11.1. The molecule has 0 spiro atoms. The minimum Gasteiger partial charge on any atom is -0.390 e. The molecule has 0 aliphatic carbocycles. The Kier molecular flexibility index (Phi) is 5.55. The second-order valence-electron chi connectivity index (χ2n) is 7.56. The number of aliphatic hydroxyl groups is 1. The zero-order chi connectivity index (χ0) is 16.1. The zero-order valence-corrected chi connectivity index (χ0v) is 14.3. The highest BCUT2D eigenvalue weighted by molar-refractivity contribution is 5.15. The second-order valence-corrected chi connectivity index (χ2v) is 7.56. The summed E-state index contributed by atoms with van der Waals surface area (Å²) in [6, 6.07) is 11.9. The lowest BCUT2D eigenvalue weighted by Gasteiger charge is -2.52. The molecule has 2 bridgehead atoms. The standard InChI is InChI=1S/C21H31NO/c1-2-3-4-8-14-21(23)15-19-12-9-13-20(16-21)22(19)17-18-10-6-5-7-11-18/h2,5-7,10-11,19-20,23H,1,3-4,8-9,12-17H2. The van der Waals surface area contributed by atoms with Gasteiger partial charge in [-0.2, -0.15) is 0 Å². The van der Waals surface area contributed by atoms with E-state index in [4.69, 9.17) is 0 Å². The molecule has 2 aliphatic rings. The van der Waals surface area contributed by atoms with Crippen LogP contribution >= 0.6 is 0 Å². The molecule has 23 heavy (non-hydrogen) atoms. The molecule has 2 heterocycles. The molecule has 3 rings (SSSR count). The quantitative estimate of drug-likeness (QED) is 0.583. The number of allylic oxidation sites excluding steroid dienone is 1. The van der Waals surface area contributed by atoms with Gasteiger partial charge >= 0.3 is 0 Å². The minimum atomic E-state index is -0.426. The van der Waals surface area contributed by atoms with Gasteiger partial charge in [-0.3, -0.25) is 4.90 Å². The molecule has 1 aromatic carbocycles. The van der Waals surface area contributed by atoms with Gasteiger partial charge in [-0.15, -0.1) is 6.58 Å². The molecule has 126 valence electrons. The van der Waals surface area contributed by atoms with Gasteiger partial charge in [0.15, 0.2) is 0 Å². The van der Waals surface area contributed by atoms with Crippen LogP contribution in [0.3, 0.4) is 0 Å². The van der Waals surface area contributed by atoms with Gasteiger partial charge in [-0.1, -0.05) is 49.2 Å². The van der Waals surface area contributed by atoms with Crippen molar-refractivity contribution in [1.29, 1.82) is 0 Å². The molecule has 2 aliphatic heterocycles. The summed E-state index contributed by atoms with van der Waals surface area (Å²) in [5, 5.41) is 11.1. The molecular formula is C21H31NO. The first-order chi connectivity index (χ1) is 11.2. The molecule has 2 fully saturated rings. The topological polar surface area (TPSA) is 23.5 Å². The summed E-state index contributed by atoms with van der Waals surface area (Å²) < 4.78 is 0. The number of piperidine rings is 2. The summed E-state index contributed by atoms with van der Waals surface area (Å²) in [4.78, 5) is 2.68. The van der Waals surface area contributed by atoms with Crippen molar-refractivity contribution in [3.05, 3.63) is 48.6 Å². The van der Waals surface area contributed by atoms with Crippen LogP contribution in [0.1, 0.15) is 63.4 Å². The van der Waals surface area contributed by atoms with E-state index in [1.54, 1.807) is 0 Å². The lowest BCUT2D eigenvalue weighted by Crippen LogP contribution is -2.57. The first-order valence-electron chi connectivity index (χ1n) is 9.33. The van der Waals surface area contributed by atoms with E-state index >= 15 is 0 Å². The van der Waals surface area contributed by atoms with Crippen LogP contribution in [0.4, 0.5) is 0 Å². The maximum atomic E-state index is 11.1. The van der Waals surface area contributed by atoms with Crippen LogP contribution in [0, 0.1) is 0 Å². The number of rotatable bonds is 7. The van der Waals surface area contributed by atoms with Crippen molar-refractivity contribution in [2.75, 3.05) is 0 Å². The predicted octanol–water partition coefficient (Wildman–Crippen LogP) is 4.68. The number of fused-ring (bicyclic) bond motifs is 2. The van der Waals surface area contributed by atoms with Gasteiger partial charge in [0.2, 0.25) is 0 Å². The molecular weight excluding hydrogens is 282 g/mol. The largest absolute Gasteiger partial charge is 0.390 e. The first kappa shape index (κ1) is 16.7. The molecule has 1 aromatic rings. The third kappa shape index (κ3) is 4.24. The highest BCUT2D eigenvalue weighted by Gasteiger charge is 2.44. The Bertz CT molecular complexity index is 484. The number of nitrogens with zero attached hydrogens (tertiary/aromatic N) is 1. The number of benzene rings is 1. The van der Waals surface area contributed by atoms with Gasteiger partial charge in [-0.25, -0.2) is 0 Å². The fraction of sp³-hybridized carbons (Fsp3) is 0.619. The van der Waals surface area contributed by atoms with E-state index in [0.29, 0.717) is 12.1 Å². The number of hydrogen-bond donors (Lipinski definition) is 1. The van der Waals surface area contributed by atoms with E-state index in [9.17, 15) is 5.11 Å². The van der Waals surface area contributed by atoms with Crippen LogP contribution in [0.5, 0.6) is 0 Å². The Morgan fingerprint density at radius 1 is 1.13 bits per heavy atom. The van der Waals surface area contributed by atoms with Gasteiger partial charge in [0.1, 0.15) is 0 Å². The van der Waals surface area contributed by atoms with Crippen molar-refractivity contribution in [3.63, 3.8) is 0 Å². The lowest BCUT2D eigenvalue weighted by atomic mass is 9.73. The number of hydrogen-bond acceptors (Lipinski definition) is 2. The molecule has 2 saturated heterocycles. The Hall–Kier alpha value is -1.12. The summed E-state index contributed by atoms with van der Waals surface area (Å²) >= 11 is 0. The first-order valence-corrected chi connectivity index (χ1v) is 9.33. The Labute approximate surface area is 141 Å². The molecule has 0 saturated carbocycles. The van der Waals surface area contributed by atoms with Crippen molar-refractivity contribution in [2.45, 2.75) is 82.0 Å². The van der Waals surface area contributed by atoms with Crippen LogP contribution in [0.2, 0.25) is 0 Å². The average molecular weight is 313 g/mol. The molecule has 0 amide bonds. The van der Waals surface area contributed by atoms with Gasteiger partial charge in [0.05, 0.1) is 5.60 Å². The fourth-order valence-electron chi connectivity index (χ4n) is 4.62. The van der Waals surface area contributed by atoms with Crippen LogP contribution < -0.4 is 0 Å². The molecule has 2 heteroatoms. The second kappa shape index (κ2) is 7.63. The summed E-state index contributed by atoms with van der Waals surface area (Å²) in [5.74, 6) is 0. The van der Waals surface area contributed by atoms with Gasteiger partial charge < -0.3 is 5.11 Å². The third-order valence-electron chi connectivity index (χ3n) is 5.75. The highest BCUT2D eigenvalue weighted by atomic mass is 16.3. The van der Waals surface area contributed by atoms with E-state index in [1.165, 1.54) is 24.8 Å². The Balaban J connectivity index is 1.62. The summed E-state index contributed by atoms with van der Waals surface area (Å²) in [6.07, 6.45) is 12.1. The van der Waals surface area contributed by atoms with E-state index < -0.39 is 5.60 Å². The third-order valence-corrected chi connectivity index (χ3v) is 5.75. The molecule has 0 aromatic heterocycles. The number of unbranched alkanes of at least 4 members (excludes halogenated alkanes) is 2. The minimum absolute atomic E-state index is 0.426. The monoisotopic (exact) mass is 313 g/mol. The van der Waals surface area contributed by atoms with E-state index in [1.807, 2.05) is 6.08 Å². The van der Waals surface area contributed by atoms with Crippen molar-refractivity contribution < 1.29 is 5.11 Å². The van der Waals surface area contributed by atoms with Crippen LogP contribution in [0.25, 0.3) is 0 Å².